The number of rotatable bonds is 4. The van der Waals surface area contributed by atoms with E-state index < -0.39 is 6.10 Å². The molecule has 1 aromatic carbocycles. The Kier molecular flexibility index (Phi) is 5.65. The Morgan fingerprint density at radius 2 is 1.91 bits per heavy atom. The highest BCUT2D eigenvalue weighted by molar-refractivity contribution is 5.81. The molecule has 0 saturated carbocycles. The molecule has 1 unspecified atom stereocenters. The van der Waals surface area contributed by atoms with Gasteiger partial charge in [0.1, 0.15) is 0 Å². The van der Waals surface area contributed by atoms with Gasteiger partial charge in [0.05, 0.1) is 18.7 Å². The molecule has 118 valence electrons. The lowest BCUT2D eigenvalue weighted by molar-refractivity contribution is -0.137. The van der Waals surface area contributed by atoms with Crippen molar-refractivity contribution in [2.45, 2.75) is 38.7 Å². The Labute approximate surface area is 131 Å². The van der Waals surface area contributed by atoms with Gasteiger partial charge < -0.3 is 14.4 Å². The van der Waals surface area contributed by atoms with E-state index in [4.69, 9.17) is 14.7 Å². The van der Waals surface area contributed by atoms with E-state index in [1.807, 2.05) is 4.90 Å². The minimum atomic E-state index is -0.570. The van der Waals surface area contributed by atoms with Gasteiger partial charge in [-0.25, -0.2) is 0 Å². The summed E-state index contributed by atoms with van der Waals surface area (Å²) in [5.74, 6) is 0.958. The summed E-state index contributed by atoms with van der Waals surface area (Å²) in [7, 11) is 1.52. The van der Waals surface area contributed by atoms with Crippen LogP contribution in [0.5, 0.6) is 11.5 Å². The average Bonchev–Trinajstić information content (AvgIpc) is 2.83. The fraction of sp³-hybridized carbons (Fsp3) is 0.529. The van der Waals surface area contributed by atoms with Crippen LogP contribution in [0.1, 0.15) is 38.2 Å². The number of nitrogens with zero attached hydrogens (tertiary/aromatic N) is 2. The third-order valence-electron chi connectivity index (χ3n) is 3.86. The fourth-order valence-corrected chi connectivity index (χ4v) is 2.62. The second-order valence-corrected chi connectivity index (χ2v) is 5.48. The van der Waals surface area contributed by atoms with Crippen LogP contribution >= 0.6 is 0 Å². The van der Waals surface area contributed by atoms with E-state index >= 15 is 0 Å². The maximum absolute atomic E-state index is 12.5. The van der Waals surface area contributed by atoms with E-state index in [0.717, 1.165) is 25.9 Å². The van der Waals surface area contributed by atoms with Crippen LogP contribution in [0.2, 0.25) is 0 Å². The molecule has 1 amide bonds. The molecule has 1 atom stereocenters. The standard InChI is InChI=1S/C17H22N2O3/c1-13(17(20)19-9-5-3-4-6-10-19)22-15-8-7-14(12-18)11-16(15)21-2/h7-8,11,13H,3-6,9-10H2,1-2H3. The minimum absolute atomic E-state index is 0.00770. The zero-order chi connectivity index (χ0) is 15.9. The van der Waals surface area contributed by atoms with Crippen LogP contribution in [0.3, 0.4) is 0 Å². The summed E-state index contributed by atoms with van der Waals surface area (Å²) >= 11 is 0. The largest absolute Gasteiger partial charge is 0.493 e. The topological polar surface area (TPSA) is 62.6 Å². The average molecular weight is 302 g/mol. The zero-order valence-electron chi connectivity index (χ0n) is 13.2. The third-order valence-corrected chi connectivity index (χ3v) is 3.86. The molecule has 5 nitrogen and oxygen atoms in total. The van der Waals surface area contributed by atoms with Crippen molar-refractivity contribution in [1.82, 2.24) is 4.90 Å². The maximum atomic E-state index is 12.5. The molecule has 1 aliphatic rings. The van der Waals surface area contributed by atoms with Crippen LogP contribution in [0, 0.1) is 11.3 Å². The van der Waals surface area contributed by atoms with Gasteiger partial charge in [-0.15, -0.1) is 0 Å². The fourth-order valence-electron chi connectivity index (χ4n) is 2.62. The van der Waals surface area contributed by atoms with E-state index in [2.05, 4.69) is 6.07 Å². The van der Waals surface area contributed by atoms with Crippen molar-refractivity contribution in [3.63, 3.8) is 0 Å². The lowest BCUT2D eigenvalue weighted by atomic mass is 10.2. The molecule has 0 aromatic heterocycles. The molecule has 5 heteroatoms. The quantitative estimate of drug-likeness (QED) is 0.858. The van der Waals surface area contributed by atoms with E-state index in [-0.39, 0.29) is 5.91 Å². The van der Waals surface area contributed by atoms with Gasteiger partial charge in [-0.3, -0.25) is 4.79 Å². The summed E-state index contributed by atoms with van der Waals surface area (Å²) in [6.07, 6.45) is 3.90. The van der Waals surface area contributed by atoms with Gasteiger partial charge in [0.25, 0.3) is 5.91 Å². The van der Waals surface area contributed by atoms with Crippen molar-refractivity contribution >= 4 is 5.91 Å². The van der Waals surface area contributed by atoms with Gasteiger partial charge in [-0.05, 0) is 31.9 Å². The first-order valence-corrected chi connectivity index (χ1v) is 7.69. The predicted octanol–water partition coefficient (Wildman–Crippen LogP) is 2.74. The normalized spacial score (nSPS) is 16.3. The summed E-state index contributed by atoms with van der Waals surface area (Å²) in [5.41, 5.74) is 0.496. The van der Waals surface area contributed by atoms with Crippen LogP contribution in [0.15, 0.2) is 18.2 Å². The predicted molar refractivity (Wildman–Crippen MR) is 82.8 cm³/mol. The van der Waals surface area contributed by atoms with Crippen LogP contribution in [0.4, 0.5) is 0 Å². The molecule has 1 fully saturated rings. The number of hydrogen-bond acceptors (Lipinski definition) is 4. The molecule has 1 aliphatic heterocycles. The molecule has 0 spiro atoms. The second kappa shape index (κ2) is 7.69. The number of methoxy groups -OCH3 is 1. The van der Waals surface area contributed by atoms with Gasteiger partial charge in [-0.2, -0.15) is 5.26 Å². The molecule has 1 heterocycles. The first-order valence-electron chi connectivity index (χ1n) is 7.69. The van der Waals surface area contributed by atoms with Gasteiger partial charge >= 0.3 is 0 Å². The Morgan fingerprint density at radius 1 is 1.23 bits per heavy atom. The zero-order valence-corrected chi connectivity index (χ0v) is 13.2. The first kappa shape index (κ1) is 16.2. The number of ether oxygens (including phenoxy) is 2. The van der Waals surface area contributed by atoms with Crippen molar-refractivity contribution in [1.29, 1.82) is 5.26 Å². The van der Waals surface area contributed by atoms with Crippen LogP contribution < -0.4 is 9.47 Å². The number of hydrogen-bond donors (Lipinski definition) is 0. The van der Waals surface area contributed by atoms with Crippen LogP contribution in [-0.4, -0.2) is 37.1 Å². The number of carbonyl (C=O) groups is 1. The molecule has 1 saturated heterocycles. The van der Waals surface area contributed by atoms with Gasteiger partial charge in [-0.1, -0.05) is 12.8 Å². The molecule has 0 aliphatic carbocycles. The highest BCUT2D eigenvalue weighted by Gasteiger charge is 2.23. The maximum Gasteiger partial charge on any atom is 0.263 e. The number of benzene rings is 1. The van der Waals surface area contributed by atoms with Crippen LogP contribution in [-0.2, 0) is 4.79 Å². The Balaban J connectivity index is 2.06. The number of carbonyl (C=O) groups excluding carboxylic acids is 1. The molecule has 2 rings (SSSR count). The number of amides is 1. The van der Waals surface area contributed by atoms with E-state index in [0.29, 0.717) is 17.1 Å². The summed E-state index contributed by atoms with van der Waals surface area (Å²) < 4.78 is 11.0. The molecule has 22 heavy (non-hydrogen) atoms. The Morgan fingerprint density at radius 3 is 2.50 bits per heavy atom. The summed E-state index contributed by atoms with van der Waals surface area (Å²) in [5, 5.41) is 8.91. The van der Waals surface area contributed by atoms with Crippen molar-refractivity contribution in [2.75, 3.05) is 20.2 Å². The van der Waals surface area contributed by atoms with Gasteiger partial charge in [0, 0.05) is 19.2 Å². The summed E-state index contributed by atoms with van der Waals surface area (Å²) in [4.78, 5) is 14.4. The first-order chi connectivity index (χ1) is 10.7. The van der Waals surface area contributed by atoms with Crippen LogP contribution in [0.25, 0.3) is 0 Å². The molecule has 1 aromatic rings. The Hall–Kier alpha value is -2.22. The third kappa shape index (κ3) is 3.91. The minimum Gasteiger partial charge on any atom is -0.493 e. The SMILES string of the molecule is COc1cc(C#N)ccc1OC(C)C(=O)N1CCCCCC1. The number of nitriles is 1. The molecular formula is C17H22N2O3. The van der Waals surface area contributed by atoms with E-state index in [1.165, 1.54) is 20.0 Å². The second-order valence-electron chi connectivity index (χ2n) is 5.48. The van der Waals surface area contributed by atoms with E-state index in [1.54, 1.807) is 25.1 Å². The highest BCUT2D eigenvalue weighted by atomic mass is 16.5. The molecule has 0 radical (unpaired) electrons. The lowest BCUT2D eigenvalue weighted by Crippen LogP contribution is -2.41. The smallest absolute Gasteiger partial charge is 0.263 e. The van der Waals surface area contributed by atoms with E-state index in [9.17, 15) is 4.79 Å². The lowest BCUT2D eigenvalue weighted by Gasteiger charge is -2.25. The van der Waals surface area contributed by atoms with Crippen molar-refractivity contribution < 1.29 is 14.3 Å². The van der Waals surface area contributed by atoms with Crippen molar-refractivity contribution in [2.24, 2.45) is 0 Å². The highest BCUT2D eigenvalue weighted by Crippen LogP contribution is 2.29. The molecule has 0 bridgehead atoms. The Bertz CT molecular complexity index is 558. The van der Waals surface area contributed by atoms with Gasteiger partial charge in [0.2, 0.25) is 0 Å². The number of likely N-dealkylation sites (tertiary alicyclic amines) is 1. The monoisotopic (exact) mass is 302 g/mol. The summed E-state index contributed by atoms with van der Waals surface area (Å²) in [6.45, 7) is 3.36. The van der Waals surface area contributed by atoms with Crippen molar-refractivity contribution in [3.05, 3.63) is 23.8 Å². The molecular weight excluding hydrogens is 280 g/mol. The van der Waals surface area contributed by atoms with Crippen molar-refractivity contribution in [3.8, 4) is 17.6 Å². The summed E-state index contributed by atoms with van der Waals surface area (Å²) in [6, 6.07) is 6.99. The molecule has 0 N–H and O–H groups in total. The van der Waals surface area contributed by atoms with Gasteiger partial charge in [0.15, 0.2) is 17.6 Å².